The van der Waals surface area contributed by atoms with Crippen molar-refractivity contribution in [1.29, 1.82) is 0 Å². The summed E-state index contributed by atoms with van der Waals surface area (Å²) >= 11 is 6.71. The van der Waals surface area contributed by atoms with E-state index in [0.29, 0.717) is 18.3 Å². The molecular formula is C27H41ClO3. The first-order chi connectivity index (χ1) is 14.9. The second-order valence-electron chi connectivity index (χ2n) is 9.20. The van der Waals surface area contributed by atoms with Gasteiger partial charge in [0, 0.05) is 17.7 Å². The summed E-state index contributed by atoms with van der Waals surface area (Å²) < 4.78 is 5.17. The van der Waals surface area contributed by atoms with Gasteiger partial charge in [-0.25, -0.2) is 0 Å². The van der Waals surface area contributed by atoms with Gasteiger partial charge in [0.2, 0.25) is 0 Å². The van der Waals surface area contributed by atoms with Crippen molar-refractivity contribution in [2.45, 2.75) is 108 Å². The van der Waals surface area contributed by atoms with Crippen LogP contribution in [0.15, 0.2) is 36.4 Å². The Kier molecular flexibility index (Phi) is 11.7. The van der Waals surface area contributed by atoms with Crippen molar-refractivity contribution in [2.75, 3.05) is 0 Å². The number of rotatable bonds is 13. The fourth-order valence-electron chi connectivity index (χ4n) is 4.54. The molecule has 0 aliphatic heterocycles. The normalized spacial score (nSPS) is 22.3. The van der Waals surface area contributed by atoms with Crippen molar-refractivity contribution < 1.29 is 14.6 Å². The van der Waals surface area contributed by atoms with Crippen molar-refractivity contribution in [3.8, 4) is 0 Å². The molecule has 2 rings (SSSR count). The van der Waals surface area contributed by atoms with E-state index in [1.165, 1.54) is 18.4 Å². The van der Waals surface area contributed by atoms with Gasteiger partial charge >= 0.3 is 5.97 Å². The molecule has 4 atom stereocenters. The third kappa shape index (κ3) is 8.98. The monoisotopic (exact) mass is 448 g/mol. The number of hydrogen-bond acceptors (Lipinski definition) is 3. The number of esters is 1. The molecule has 0 heterocycles. The smallest absolute Gasteiger partial charge is 0.306 e. The van der Waals surface area contributed by atoms with E-state index in [2.05, 4.69) is 43.3 Å². The molecule has 174 valence electrons. The first-order valence-corrected chi connectivity index (χ1v) is 12.6. The molecule has 0 amide bonds. The number of ether oxygens (including phenoxy) is 1. The maximum absolute atomic E-state index is 11.6. The van der Waals surface area contributed by atoms with Crippen LogP contribution in [0.4, 0.5) is 0 Å². The molecule has 1 aromatic rings. The summed E-state index contributed by atoms with van der Waals surface area (Å²) in [7, 11) is 0. The van der Waals surface area contributed by atoms with Gasteiger partial charge < -0.3 is 9.84 Å². The van der Waals surface area contributed by atoms with Crippen molar-refractivity contribution in [3.05, 3.63) is 47.5 Å². The largest absolute Gasteiger partial charge is 0.463 e. The summed E-state index contributed by atoms with van der Waals surface area (Å²) in [5.41, 5.74) is 2.30. The fraction of sp³-hybridized carbons (Fsp3) is 0.667. The Balaban J connectivity index is 1.83. The van der Waals surface area contributed by atoms with Crippen LogP contribution in [-0.4, -0.2) is 22.6 Å². The summed E-state index contributed by atoms with van der Waals surface area (Å²) in [6, 6.07) is 8.50. The van der Waals surface area contributed by atoms with E-state index in [1.807, 2.05) is 13.8 Å². The standard InChI is InChI=1S/C27H41ClO3/c1-4-5-8-12-25(29)21-14-16-23(17-15-21)27-22(18-19-24(27)28)11-9-6-7-10-13-26(30)31-20(2)3/h6,9,14-17,20,22,24-25,27,29H,4-5,7-8,10-13,18-19H2,1-3H3/t22-,24+,25?,27-/m0/s1. The molecule has 1 N–H and O–H groups in total. The number of aliphatic hydroxyl groups is 1. The fourth-order valence-corrected chi connectivity index (χ4v) is 5.02. The van der Waals surface area contributed by atoms with Gasteiger partial charge in [-0.2, -0.15) is 0 Å². The van der Waals surface area contributed by atoms with Gasteiger partial charge in [0.25, 0.3) is 0 Å². The molecular weight excluding hydrogens is 408 g/mol. The third-order valence-electron chi connectivity index (χ3n) is 6.22. The van der Waals surface area contributed by atoms with Crippen molar-refractivity contribution in [2.24, 2.45) is 5.92 Å². The van der Waals surface area contributed by atoms with Crippen molar-refractivity contribution >= 4 is 17.6 Å². The quantitative estimate of drug-likeness (QED) is 0.147. The van der Waals surface area contributed by atoms with Gasteiger partial charge in [0.05, 0.1) is 12.2 Å². The maximum atomic E-state index is 11.6. The molecule has 0 bridgehead atoms. The molecule has 1 aromatic carbocycles. The predicted molar refractivity (Wildman–Crippen MR) is 129 cm³/mol. The van der Waals surface area contributed by atoms with Gasteiger partial charge in [0.1, 0.15) is 0 Å². The Labute approximate surface area is 194 Å². The molecule has 0 saturated heterocycles. The van der Waals surface area contributed by atoms with E-state index >= 15 is 0 Å². The summed E-state index contributed by atoms with van der Waals surface area (Å²) in [4.78, 5) is 11.6. The van der Waals surface area contributed by atoms with E-state index in [1.54, 1.807) is 0 Å². The summed E-state index contributed by atoms with van der Waals surface area (Å²) in [5, 5.41) is 10.6. The lowest BCUT2D eigenvalue weighted by atomic mass is 9.85. The average molecular weight is 449 g/mol. The first-order valence-electron chi connectivity index (χ1n) is 12.2. The minimum Gasteiger partial charge on any atom is -0.463 e. The molecule has 4 heteroatoms. The second kappa shape index (κ2) is 14.0. The zero-order valence-electron chi connectivity index (χ0n) is 19.6. The van der Waals surface area contributed by atoms with Gasteiger partial charge in [-0.05, 0) is 69.4 Å². The number of unbranched alkanes of at least 4 members (excludes halogenated alkanes) is 3. The lowest BCUT2D eigenvalue weighted by Gasteiger charge is -2.22. The molecule has 0 radical (unpaired) electrons. The molecule has 1 saturated carbocycles. The Morgan fingerprint density at radius 3 is 2.58 bits per heavy atom. The highest BCUT2D eigenvalue weighted by molar-refractivity contribution is 6.21. The van der Waals surface area contributed by atoms with Crippen LogP contribution >= 0.6 is 11.6 Å². The predicted octanol–water partition coefficient (Wildman–Crippen LogP) is 7.47. The Morgan fingerprint density at radius 1 is 1.16 bits per heavy atom. The van der Waals surface area contributed by atoms with Crippen LogP contribution in [0.5, 0.6) is 0 Å². The zero-order chi connectivity index (χ0) is 22.6. The Bertz CT molecular complexity index is 668. The SMILES string of the molecule is CCCCCC(O)c1ccc([C@@H]2[C@@H](CC=CCCCC(=O)OC(C)C)CC[C@H]2Cl)cc1. The number of halogens is 1. The molecule has 0 aromatic heterocycles. The van der Waals surface area contributed by atoms with Crippen LogP contribution in [0.3, 0.4) is 0 Å². The van der Waals surface area contributed by atoms with Crippen LogP contribution in [0, 0.1) is 5.92 Å². The maximum Gasteiger partial charge on any atom is 0.306 e. The summed E-state index contributed by atoms with van der Waals surface area (Å²) in [6.45, 7) is 5.94. The van der Waals surface area contributed by atoms with E-state index in [0.717, 1.165) is 50.5 Å². The number of hydrogen-bond donors (Lipinski definition) is 1. The van der Waals surface area contributed by atoms with Crippen LogP contribution in [0.2, 0.25) is 0 Å². The third-order valence-corrected chi connectivity index (χ3v) is 6.71. The number of carbonyl (C=O) groups is 1. The summed E-state index contributed by atoms with van der Waals surface area (Å²) in [6.07, 6.45) is 13.7. The van der Waals surface area contributed by atoms with E-state index in [4.69, 9.17) is 16.3 Å². The molecule has 31 heavy (non-hydrogen) atoms. The molecule has 1 unspecified atom stereocenters. The molecule has 0 spiro atoms. The molecule has 1 aliphatic carbocycles. The number of carbonyl (C=O) groups excluding carboxylic acids is 1. The van der Waals surface area contributed by atoms with Crippen molar-refractivity contribution in [1.82, 2.24) is 0 Å². The van der Waals surface area contributed by atoms with Crippen LogP contribution in [0.1, 0.15) is 108 Å². The highest BCUT2D eigenvalue weighted by atomic mass is 35.5. The number of benzene rings is 1. The van der Waals surface area contributed by atoms with Gasteiger partial charge in [-0.15, -0.1) is 11.6 Å². The first kappa shape index (κ1) is 25.9. The minimum absolute atomic E-state index is 0.0378. The highest BCUT2D eigenvalue weighted by Gasteiger charge is 2.35. The molecule has 3 nitrogen and oxygen atoms in total. The van der Waals surface area contributed by atoms with E-state index < -0.39 is 0 Å². The van der Waals surface area contributed by atoms with E-state index in [9.17, 15) is 9.90 Å². The number of allylic oxidation sites excluding steroid dienone is 2. The number of alkyl halides is 1. The van der Waals surface area contributed by atoms with Crippen LogP contribution < -0.4 is 0 Å². The average Bonchev–Trinajstić information content (AvgIpc) is 3.10. The van der Waals surface area contributed by atoms with E-state index in [-0.39, 0.29) is 23.6 Å². The van der Waals surface area contributed by atoms with Gasteiger partial charge in [-0.3, -0.25) is 4.79 Å². The zero-order valence-corrected chi connectivity index (χ0v) is 20.3. The highest BCUT2D eigenvalue weighted by Crippen LogP contribution is 2.45. The van der Waals surface area contributed by atoms with Crippen molar-refractivity contribution in [3.63, 3.8) is 0 Å². The Hall–Kier alpha value is -1.32. The lowest BCUT2D eigenvalue weighted by Crippen LogP contribution is -2.13. The number of aliphatic hydroxyl groups excluding tert-OH is 1. The van der Waals surface area contributed by atoms with Crippen LogP contribution in [0.25, 0.3) is 0 Å². The molecule has 1 aliphatic rings. The van der Waals surface area contributed by atoms with Crippen LogP contribution in [-0.2, 0) is 9.53 Å². The molecule has 1 fully saturated rings. The minimum atomic E-state index is -0.368. The van der Waals surface area contributed by atoms with Gasteiger partial charge in [0.15, 0.2) is 0 Å². The Morgan fingerprint density at radius 2 is 1.90 bits per heavy atom. The second-order valence-corrected chi connectivity index (χ2v) is 9.76. The topological polar surface area (TPSA) is 46.5 Å². The lowest BCUT2D eigenvalue weighted by molar-refractivity contribution is -0.147. The van der Waals surface area contributed by atoms with Gasteiger partial charge in [-0.1, -0.05) is 62.6 Å². The summed E-state index contributed by atoms with van der Waals surface area (Å²) in [5.74, 6) is 0.798.